The predicted molar refractivity (Wildman–Crippen MR) is 68.6 cm³/mol. The minimum Gasteiger partial charge on any atom is -0.480 e. The average molecular weight is 270 g/mol. The van der Waals surface area contributed by atoms with Crippen molar-refractivity contribution in [3.63, 3.8) is 0 Å². The number of hydrogen-bond acceptors (Lipinski definition) is 4. The van der Waals surface area contributed by atoms with Crippen molar-refractivity contribution < 1.29 is 19.8 Å². The minimum absolute atomic E-state index is 0.107. The van der Waals surface area contributed by atoms with E-state index < -0.39 is 12.1 Å². The van der Waals surface area contributed by atoms with Crippen LogP contribution in [-0.2, 0) is 9.59 Å². The van der Waals surface area contributed by atoms with Gasteiger partial charge in [0.25, 0.3) is 0 Å². The molecule has 0 aromatic rings. The van der Waals surface area contributed by atoms with Gasteiger partial charge in [-0.15, -0.1) is 0 Å². The Morgan fingerprint density at radius 3 is 2.47 bits per heavy atom. The molecule has 2 fully saturated rings. The summed E-state index contributed by atoms with van der Waals surface area (Å²) in [5.74, 6) is -0.686. The lowest BCUT2D eigenvalue weighted by Crippen LogP contribution is -2.43. The third kappa shape index (κ3) is 3.25. The summed E-state index contributed by atoms with van der Waals surface area (Å²) in [6, 6.07) is -0.276. The highest BCUT2D eigenvalue weighted by molar-refractivity contribution is 5.79. The monoisotopic (exact) mass is 270 g/mol. The summed E-state index contributed by atoms with van der Waals surface area (Å²) in [6.45, 7) is 0.636. The van der Waals surface area contributed by atoms with Crippen LogP contribution in [0.25, 0.3) is 0 Å². The number of aliphatic carboxylic acids is 1. The van der Waals surface area contributed by atoms with Gasteiger partial charge in [0.1, 0.15) is 0 Å². The molecule has 0 bridgehead atoms. The highest BCUT2D eigenvalue weighted by atomic mass is 16.4. The van der Waals surface area contributed by atoms with Gasteiger partial charge in [-0.2, -0.15) is 0 Å². The van der Waals surface area contributed by atoms with Crippen LogP contribution in [-0.4, -0.2) is 70.7 Å². The molecule has 19 heavy (non-hydrogen) atoms. The summed E-state index contributed by atoms with van der Waals surface area (Å²) in [7, 11) is 1.67. The van der Waals surface area contributed by atoms with E-state index in [1.807, 2.05) is 0 Å². The first-order valence-corrected chi connectivity index (χ1v) is 6.88. The van der Waals surface area contributed by atoms with Crippen molar-refractivity contribution in [2.24, 2.45) is 5.92 Å². The Balaban J connectivity index is 1.92. The van der Waals surface area contributed by atoms with Crippen molar-refractivity contribution in [1.82, 2.24) is 9.80 Å². The van der Waals surface area contributed by atoms with E-state index in [2.05, 4.69) is 0 Å². The van der Waals surface area contributed by atoms with E-state index in [0.29, 0.717) is 13.1 Å². The van der Waals surface area contributed by atoms with Gasteiger partial charge in [-0.1, -0.05) is 12.8 Å². The van der Waals surface area contributed by atoms with Crippen molar-refractivity contribution >= 4 is 11.9 Å². The lowest BCUT2D eigenvalue weighted by molar-refractivity contribution is -0.138. The van der Waals surface area contributed by atoms with Crippen LogP contribution in [0.15, 0.2) is 0 Å². The number of aliphatic hydroxyl groups excluding tert-OH is 1. The van der Waals surface area contributed by atoms with Crippen molar-refractivity contribution in [1.29, 1.82) is 0 Å². The minimum atomic E-state index is -0.921. The molecule has 0 radical (unpaired) electrons. The van der Waals surface area contributed by atoms with Crippen LogP contribution >= 0.6 is 0 Å². The normalized spacial score (nSPS) is 28.3. The number of carboxylic acid groups (broad SMARTS) is 1. The third-order valence-electron chi connectivity index (χ3n) is 4.23. The van der Waals surface area contributed by atoms with E-state index in [1.54, 1.807) is 16.8 Å². The van der Waals surface area contributed by atoms with Gasteiger partial charge in [-0.05, 0) is 19.9 Å². The maximum atomic E-state index is 12.3. The number of likely N-dealkylation sites (N-methyl/N-ethyl adjacent to an activating group) is 1. The highest BCUT2D eigenvalue weighted by Crippen LogP contribution is 2.28. The summed E-state index contributed by atoms with van der Waals surface area (Å²) >= 11 is 0. The molecule has 6 heteroatoms. The first-order chi connectivity index (χ1) is 8.99. The lowest BCUT2D eigenvalue weighted by atomic mass is 10.1. The van der Waals surface area contributed by atoms with Crippen molar-refractivity contribution in [2.75, 3.05) is 26.7 Å². The molecule has 0 aromatic carbocycles. The fraction of sp³-hybridized carbons (Fsp3) is 0.846. The molecule has 0 spiro atoms. The maximum Gasteiger partial charge on any atom is 0.317 e. The predicted octanol–water partition coefficient (Wildman–Crippen LogP) is -0.235. The van der Waals surface area contributed by atoms with E-state index in [1.165, 1.54) is 0 Å². The molecular formula is C13H22N2O4. The van der Waals surface area contributed by atoms with Gasteiger partial charge in [0.15, 0.2) is 0 Å². The number of amides is 1. The Hall–Kier alpha value is -1.14. The zero-order chi connectivity index (χ0) is 14.0. The molecule has 1 amide bonds. The first-order valence-electron chi connectivity index (χ1n) is 6.88. The van der Waals surface area contributed by atoms with E-state index in [0.717, 1.165) is 25.7 Å². The fourth-order valence-corrected chi connectivity index (χ4v) is 3.14. The molecule has 2 atom stereocenters. The lowest BCUT2D eigenvalue weighted by Gasteiger charge is -2.25. The number of aliphatic hydroxyl groups is 1. The highest BCUT2D eigenvalue weighted by Gasteiger charge is 2.39. The second-order valence-electron chi connectivity index (χ2n) is 5.67. The summed E-state index contributed by atoms with van der Waals surface area (Å²) < 4.78 is 0. The number of nitrogens with zero attached hydrogens (tertiary/aromatic N) is 2. The summed E-state index contributed by atoms with van der Waals surface area (Å²) in [5, 5.41) is 18.8. The molecule has 1 aliphatic carbocycles. The van der Waals surface area contributed by atoms with Crippen molar-refractivity contribution in [2.45, 2.75) is 37.8 Å². The second kappa shape index (κ2) is 5.88. The standard InChI is InChI=1S/C13H22N2O4/c1-14(8-12(17)18)10-6-15(7-11(10)16)13(19)9-4-2-3-5-9/h9-11,16H,2-8H2,1H3,(H,17,18)/t10?,11-/m1/s1. The SMILES string of the molecule is CN(CC(=O)O)C1CN(C(=O)C2CCCC2)C[C@H]1O. The Bertz CT molecular complexity index is 355. The smallest absolute Gasteiger partial charge is 0.317 e. The van der Waals surface area contributed by atoms with Crippen LogP contribution in [0, 0.1) is 5.92 Å². The second-order valence-corrected chi connectivity index (χ2v) is 5.67. The summed E-state index contributed by atoms with van der Waals surface area (Å²) in [6.07, 6.45) is 3.45. The quantitative estimate of drug-likeness (QED) is 0.737. The van der Waals surface area contributed by atoms with Gasteiger partial charge in [0.05, 0.1) is 18.7 Å². The number of carbonyl (C=O) groups excluding carboxylic acids is 1. The molecule has 0 aromatic heterocycles. The Morgan fingerprint density at radius 1 is 1.26 bits per heavy atom. The average Bonchev–Trinajstić information content (AvgIpc) is 2.95. The van der Waals surface area contributed by atoms with Gasteiger partial charge in [0, 0.05) is 19.0 Å². The summed E-state index contributed by atoms with van der Waals surface area (Å²) in [5.41, 5.74) is 0. The zero-order valence-corrected chi connectivity index (χ0v) is 11.3. The Labute approximate surface area is 113 Å². The topological polar surface area (TPSA) is 81.1 Å². The van der Waals surface area contributed by atoms with Crippen molar-refractivity contribution in [3.8, 4) is 0 Å². The van der Waals surface area contributed by atoms with E-state index in [-0.39, 0.29) is 24.4 Å². The van der Waals surface area contributed by atoms with Crippen LogP contribution < -0.4 is 0 Å². The number of likely N-dealkylation sites (tertiary alicyclic amines) is 1. The number of rotatable bonds is 4. The number of carboxylic acids is 1. The van der Waals surface area contributed by atoms with Crippen LogP contribution in [0.2, 0.25) is 0 Å². The van der Waals surface area contributed by atoms with E-state index in [9.17, 15) is 14.7 Å². The fourth-order valence-electron chi connectivity index (χ4n) is 3.14. The molecule has 108 valence electrons. The van der Waals surface area contributed by atoms with Gasteiger partial charge in [-0.3, -0.25) is 14.5 Å². The van der Waals surface area contributed by atoms with Crippen LogP contribution in [0.5, 0.6) is 0 Å². The van der Waals surface area contributed by atoms with Crippen molar-refractivity contribution in [3.05, 3.63) is 0 Å². The van der Waals surface area contributed by atoms with Crippen LogP contribution in [0.3, 0.4) is 0 Å². The van der Waals surface area contributed by atoms with E-state index in [4.69, 9.17) is 5.11 Å². The van der Waals surface area contributed by atoms with Crippen LogP contribution in [0.1, 0.15) is 25.7 Å². The van der Waals surface area contributed by atoms with Gasteiger partial charge < -0.3 is 15.1 Å². The van der Waals surface area contributed by atoms with Gasteiger partial charge >= 0.3 is 5.97 Å². The van der Waals surface area contributed by atoms with E-state index >= 15 is 0 Å². The molecule has 2 aliphatic rings. The first kappa shape index (κ1) is 14.3. The molecular weight excluding hydrogens is 248 g/mol. The molecule has 2 rings (SSSR count). The molecule has 1 unspecified atom stereocenters. The zero-order valence-electron chi connectivity index (χ0n) is 11.3. The van der Waals surface area contributed by atoms with Gasteiger partial charge in [-0.25, -0.2) is 0 Å². The third-order valence-corrected chi connectivity index (χ3v) is 4.23. The molecule has 6 nitrogen and oxygen atoms in total. The molecule has 1 saturated carbocycles. The number of hydrogen-bond donors (Lipinski definition) is 2. The Morgan fingerprint density at radius 2 is 1.89 bits per heavy atom. The Kier molecular flexibility index (Phi) is 4.42. The molecule has 1 aliphatic heterocycles. The molecule has 1 heterocycles. The van der Waals surface area contributed by atoms with Gasteiger partial charge in [0.2, 0.25) is 5.91 Å². The largest absolute Gasteiger partial charge is 0.480 e. The van der Waals surface area contributed by atoms with Crippen LogP contribution in [0.4, 0.5) is 0 Å². The maximum absolute atomic E-state index is 12.3. The number of carbonyl (C=O) groups is 2. The summed E-state index contributed by atoms with van der Waals surface area (Å²) in [4.78, 5) is 26.3. The number of β-amino-alcohol motifs (C(OH)–C–C–N with tert-alkyl or cyclic N) is 1. The molecule has 1 saturated heterocycles. The molecule has 2 N–H and O–H groups in total.